The zero-order valence-corrected chi connectivity index (χ0v) is 15.4. The lowest BCUT2D eigenvalue weighted by Gasteiger charge is -2.30. The van der Waals surface area contributed by atoms with Crippen molar-refractivity contribution in [3.05, 3.63) is 58.0 Å². The highest BCUT2D eigenvalue weighted by atomic mass is 32.1. The molecule has 1 amide bonds. The Morgan fingerprint density at radius 3 is 3.08 bits per heavy atom. The Bertz CT molecular complexity index is 865. The van der Waals surface area contributed by atoms with Crippen LogP contribution >= 0.6 is 11.3 Å². The Kier molecular flexibility index (Phi) is 4.36. The number of hydrogen-bond acceptors (Lipinski definition) is 3. The highest BCUT2D eigenvalue weighted by molar-refractivity contribution is 7.10. The molecule has 5 heteroatoms. The molecule has 1 unspecified atom stereocenters. The van der Waals surface area contributed by atoms with Crippen molar-refractivity contribution in [3.8, 4) is 0 Å². The van der Waals surface area contributed by atoms with Crippen LogP contribution in [0.15, 0.2) is 46.2 Å². The van der Waals surface area contributed by atoms with Crippen LogP contribution in [0.5, 0.6) is 0 Å². The van der Waals surface area contributed by atoms with Gasteiger partial charge in [0.15, 0.2) is 6.54 Å². The minimum Gasteiger partial charge on any atom is -0.459 e. The van der Waals surface area contributed by atoms with E-state index in [0.717, 1.165) is 29.7 Å². The third kappa shape index (κ3) is 3.22. The highest BCUT2D eigenvalue weighted by Gasteiger charge is 2.30. The van der Waals surface area contributed by atoms with Crippen LogP contribution in [-0.4, -0.2) is 19.0 Å². The van der Waals surface area contributed by atoms with Crippen LogP contribution in [0.1, 0.15) is 42.1 Å². The van der Waals surface area contributed by atoms with E-state index in [1.54, 1.807) is 0 Å². The molecule has 0 saturated heterocycles. The lowest BCUT2D eigenvalue weighted by Crippen LogP contribution is -3.14. The van der Waals surface area contributed by atoms with E-state index in [1.165, 1.54) is 15.3 Å². The van der Waals surface area contributed by atoms with E-state index >= 15 is 0 Å². The molecule has 1 aromatic carbocycles. The molecular formula is C20H23N2O2S+. The summed E-state index contributed by atoms with van der Waals surface area (Å²) in [4.78, 5) is 15.3. The second kappa shape index (κ2) is 6.65. The van der Waals surface area contributed by atoms with Crippen LogP contribution in [0.2, 0.25) is 0 Å². The number of para-hydroxylation sites is 1. The molecule has 3 aromatic rings. The van der Waals surface area contributed by atoms with Gasteiger partial charge in [0.05, 0.1) is 12.6 Å². The first-order chi connectivity index (χ1) is 12.1. The van der Waals surface area contributed by atoms with Crippen molar-refractivity contribution in [2.75, 3.05) is 13.1 Å². The number of rotatable bonds is 4. The van der Waals surface area contributed by atoms with Crippen molar-refractivity contribution in [2.24, 2.45) is 0 Å². The SMILES string of the molecule is C[C@H](NC(=O)C[NH+]1CCc2sccc2[C@H]1C)c1cc2ccccc2o1. The summed E-state index contributed by atoms with van der Waals surface area (Å²) in [5.74, 6) is 0.879. The smallest absolute Gasteiger partial charge is 0.275 e. The third-order valence-electron chi connectivity index (χ3n) is 5.17. The molecule has 4 nitrogen and oxygen atoms in total. The summed E-state index contributed by atoms with van der Waals surface area (Å²) in [6, 6.07) is 12.4. The Hall–Kier alpha value is -2.11. The number of fused-ring (bicyclic) bond motifs is 2. The Labute approximate surface area is 151 Å². The molecule has 0 fully saturated rings. The van der Waals surface area contributed by atoms with Gasteiger partial charge in [-0.15, -0.1) is 11.3 Å². The second-order valence-electron chi connectivity index (χ2n) is 6.83. The number of quaternary nitrogens is 1. The Morgan fingerprint density at radius 1 is 1.40 bits per heavy atom. The van der Waals surface area contributed by atoms with Gasteiger partial charge < -0.3 is 14.6 Å². The van der Waals surface area contributed by atoms with E-state index in [4.69, 9.17) is 4.42 Å². The standard InChI is InChI=1S/C20H22N2O2S/c1-13(18-11-15-5-3-4-6-17(15)24-18)21-20(23)12-22-9-7-19-16(14(22)2)8-10-25-19/h3-6,8,10-11,13-14H,7,9,12H2,1-2H3,(H,21,23)/p+1/t13-,14+/m0/s1. The molecule has 4 rings (SSSR count). The Balaban J connectivity index is 1.40. The zero-order chi connectivity index (χ0) is 17.4. The number of hydrogen-bond donors (Lipinski definition) is 2. The normalized spacial score (nSPS) is 21.0. The quantitative estimate of drug-likeness (QED) is 0.756. The van der Waals surface area contributed by atoms with Crippen molar-refractivity contribution in [2.45, 2.75) is 32.4 Å². The number of furan rings is 1. The predicted octanol–water partition coefficient (Wildman–Crippen LogP) is 2.87. The largest absolute Gasteiger partial charge is 0.459 e. The number of thiophene rings is 1. The van der Waals surface area contributed by atoms with Crippen LogP contribution in [0.25, 0.3) is 11.0 Å². The summed E-state index contributed by atoms with van der Waals surface area (Å²) in [5, 5.41) is 6.32. The molecule has 2 N–H and O–H groups in total. The van der Waals surface area contributed by atoms with E-state index in [2.05, 4.69) is 23.7 Å². The topological polar surface area (TPSA) is 46.7 Å². The maximum absolute atomic E-state index is 12.5. The summed E-state index contributed by atoms with van der Waals surface area (Å²) in [6.45, 7) is 5.71. The van der Waals surface area contributed by atoms with Crippen molar-refractivity contribution < 1.29 is 14.1 Å². The first kappa shape index (κ1) is 16.4. The van der Waals surface area contributed by atoms with E-state index < -0.39 is 0 Å². The van der Waals surface area contributed by atoms with Gasteiger partial charge in [0.2, 0.25) is 0 Å². The number of carbonyl (C=O) groups is 1. The lowest BCUT2D eigenvalue weighted by molar-refractivity contribution is -0.924. The monoisotopic (exact) mass is 355 g/mol. The average molecular weight is 355 g/mol. The van der Waals surface area contributed by atoms with Crippen LogP contribution in [0.3, 0.4) is 0 Å². The fourth-order valence-electron chi connectivity index (χ4n) is 3.68. The summed E-state index contributed by atoms with van der Waals surface area (Å²) in [5.41, 5.74) is 2.27. The molecule has 130 valence electrons. The summed E-state index contributed by atoms with van der Waals surface area (Å²) >= 11 is 1.83. The molecule has 3 atom stereocenters. The molecular weight excluding hydrogens is 332 g/mol. The summed E-state index contributed by atoms with van der Waals surface area (Å²) in [7, 11) is 0. The second-order valence-corrected chi connectivity index (χ2v) is 7.83. The van der Waals surface area contributed by atoms with Crippen molar-refractivity contribution in [1.82, 2.24) is 5.32 Å². The van der Waals surface area contributed by atoms with Gasteiger partial charge in [0.25, 0.3) is 5.91 Å². The molecule has 1 aliphatic rings. The fraction of sp³-hybridized carbons (Fsp3) is 0.350. The predicted molar refractivity (Wildman–Crippen MR) is 99.9 cm³/mol. The minimum atomic E-state index is -0.129. The van der Waals surface area contributed by atoms with Gasteiger partial charge in [-0.3, -0.25) is 4.79 Å². The number of nitrogens with one attached hydrogen (secondary N) is 2. The molecule has 0 bridgehead atoms. The van der Waals surface area contributed by atoms with Crippen LogP contribution in [0.4, 0.5) is 0 Å². The molecule has 0 aliphatic carbocycles. The van der Waals surface area contributed by atoms with Crippen LogP contribution < -0.4 is 10.2 Å². The number of benzene rings is 1. The number of carbonyl (C=O) groups excluding carboxylic acids is 1. The highest BCUT2D eigenvalue weighted by Crippen LogP contribution is 2.25. The van der Waals surface area contributed by atoms with E-state index in [9.17, 15) is 4.79 Å². The molecule has 3 heterocycles. The molecule has 0 radical (unpaired) electrons. The lowest BCUT2D eigenvalue weighted by atomic mass is 10.0. The third-order valence-corrected chi connectivity index (χ3v) is 6.16. The van der Waals surface area contributed by atoms with Crippen molar-refractivity contribution >= 4 is 28.2 Å². The molecule has 0 saturated carbocycles. The van der Waals surface area contributed by atoms with Gasteiger partial charge in [0.1, 0.15) is 17.4 Å². The summed E-state index contributed by atoms with van der Waals surface area (Å²) < 4.78 is 5.86. The fourth-order valence-corrected chi connectivity index (χ4v) is 4.66. The van der Waals surface area contributed by atoms with Gasteiger partial charge in [-0.05, 0) is 37.4 Å². The van der Waals surface area contributed by atoms with E-state index in [0.29, 0.717) is 12.6 Å². The molecule has 25 heavy (non-hydrogen) atoms. The van der Waals surface area contributed by atoms with Gasteiger partial charge in [-0.2, -0.15) is 0 Å². The van der Waals surface area contributed by atoms with E-state index in [-0.39, 0.29) is 11.9 Å². The van der Waals surface area contributed by atoms with E-state index in [1.807, 2.05) is 48.6 Å². The maximum atomic E-state index is 12.5. The minimum absolute atomic E-state index is 0.0773. The summed E-state index contributed by atoms with van der Waals surface area (Å²) in [6.07, 6.45) is 1.07. The van der Waals surface area contributed by atoms with Crippen molar-refractivity contribution in [3.63, 3.8) is 0 Å². The Morgan fingerprint density at radius 2 is 2.24 bits per heavy atom. The van der Waals surface area contributed by atoms with Crippen LogP contribution in [-0.2, 0) is 11.2 Å². The zero-order valence-electron chi connectivity index (χ0n) is 14.5. The van der Waals surface area contributed by atoms with Gasteiger partial charge in [0, 0.05) is 22.2 Å². The van der Waals surface area contributed by atoms with Gasteiger partial charge in [-0.1, -0.05) is 18.2 Å². The first-order valence-electron chi connectivity index (χ1n) is 8.80. The first-order valence-corrected chi connectivity index (χ1v) is 9.68. The molecule has 0 spiro atoms. The van der Waals surface area contributed by atoms with Gasteiger partial charge in [-0.25, -0.2) is 0 Å². The van der Waals surface area contributed by atoms with Crippen LogP contribution in [0, 0.1) is 0 Å². The van der Waals surface area contributed by atoms with Crippen molar-refractivity contribution in [1.29, 1.82) is 0 Å². The average Bonchev–Trinajstić information content (AvgIpc) is 3.24. The molecule has 2 aromatic heterocycles. The molecule has 1 aliphatic heterocycles. The number of amides is 1. The van der Waals surface area contributed by atoms with Gasteiger partial charge >= 0.3 is 0 Å². The maximum Gasteiger partial charge on any atom is 0.275 e.